The van der Waals surface area contributed by atoms with Gasteiger partial charge in [0.15, 0.2) is 0 Å². The normalized spacial score (nSPS) is 12.4. The van der Waals surface area contributed by atoms with Gasteiger partial charge >= 0.3 is 0 Å². The van der Waals surface area contributed by atoms with Crippen LogP contribution in [0.4, 0.5) is 0 Å². The molecule has 0 spiro atoms. The van der Waals surface area contributed by atoms with E-state index in [4.69, 9.17) is 4.74 Å². The summed E-state index contributed by atoms with van der Waals surface area (Å²) in [5.74, 6) is 0.766. The number of hydrogen-bond donors (Lipinski definition) is 1. The number of hydrogen-bond acceptors (Lipinski definition) is 3. The smallest absolute Gasteiger partial charge is 0.119 e. The van der Waals surface area contributed by atoms with Gasteiger partial charge in [-0.3, -0.25) is 0 Å². The lowest BCUT2D eigenvalue weighted by Crippen LogP contribution is -1.98. The number of methoxy groups -OCH3 is 1. The number of ether oxygens (including phenoxy) is 1. The molecule has 2 rings (SSSR count). The predicted molar refractivity (Wildman–Crippen MR) is 61.4 cm³/mol. The van der Waals surface area contributed by atoms with Gasteiger partial charge in [-0.1, -0.05) is 12.1 Å². The van der Waals surface area contributed by atoms with E-state index in [1.807, 2.05) is 41.1 Å². The fourth-order valence-electron chi connectivity index (χ4n) is 1.43. The first-order valence-electron chi connectivity index (χ1n) is 4.65. The van der Waals surface area contributed by atoms with E-state index in [9.17, 15) is 5.11 Å². The highest BCUT2D eigenvalue weighted by molar-refractivity contribution is 7.07. The van der Waals surface area contributed by atoms with Crippen molar-refractivity contribution in [3.8, 4) is 5.75 Å². The summed E-state index contributed by atoms with van der Waals surface area (Å²) in [6.45, 7) is 0. The van der Waals surface area contributed by atoms with Crippen LogP contribution in [-0.4, -0.2) is 12.2 Å². The minimum absolute atomic E-state index is 0.564. The Morgan fingerprint density at radius 1 is 1.27 bits per heavy atom. The lowest BCUT2D eigenvalue weighted by molar-refractivity contribution is 0.220. The SMILES string of the molecule is COc1cccc([C@H](O)c2ccsc2)c1. The molecule has 0 fully saturated rings. The topological polar surface area (TPSA) is 29.5 Å². The third-order valence-electron chi connectivity index (χ3n) is 2.27. The molecule has 0 amide bonds. The summed E-state index contributed by atoms with van der Waals surface area (Å²) in [4.78, 5) is 0. The lowest BCUT2D eigenvalue weighted by atomic mass is 10.0. The second-order valence-corrected chi connectivity index (χ2v) is 4.02. The predicted octanol–water partition coefficient (Wildman–Crippen LogP) is 2.84. The van der Waals surface area contributed by atoms with Gasteiger partial charge in [0.25, 0.3) is 0 Å². The van der Waals surface area contributed by atoms with E-state index in [1.165, 1.54) is 0 Å². The molecule has 0 aliphatic heterocycles. The van der Waals surface area contributed by atoms with Gasteiger partial charge < -0.3 is 9.84 Å². The van der Waals surface area contributed by atoms with Crippen molar-refractivity contribution < 1.29 is 9.84 Å². The molecule has 78 valence electrons. The van der Waals surface area contributed by atoms with Crippen molar-refractivity contribution >= 4 is 11.3 Å². The molecule has 1 N–H and O–H groups in total. The van der Waals surface area contributed by atoms with E-state index >= 15 is 0 Å². The fraction of sp³-hybridized carbons (Fsp3) is 0.167. The monoisotopic (exact) mass is 220 g/mol. The molecule has 0 radical (unpaired) electrons. The van der Waals surface area contributed by atoms with E-state index in [1.54, 1.807) is 18.4 Å². The van der Waals surface area contributed by atoms with Crippen LogP contribution in [0.15, 0.2) is 41.1 Å². The summed E-state index contributed by atoms with van der Waals surface area (Å²) in [7, 11) is 1.62. The summed E-state index contributed by atoms with van der Waals surface area (Å²) in [5, 5.41) is 14.0. The Kier molecular flexibility index (Phi) is 3.04. The van der Waals surface area contributed by atoms with Crippen LogP contribution in [-0.2, 0) is 0 Å². The maximum absolute atomic E-state index is 10.1. The molecule has 1 atom stereocenters. The maximum Gasteiger partial charge on any atom is 0.119 e. The molecule has 3 heteroatoms. The quantitative estimate of drug-likeness (QED) is 0.861. The number of benzene rings is 1. The van der Waals surface area contributed by atoms with Crippen LogP contribution in [0.5, 0.6) is 5.75 Å². The standard InChI is InChI=1S/C12H12O2S/c1-14-11-4-2-3-9(7-11)12(13)10-5-6-15-8-10/h2-8,12-13H,1H3/t12-/m0/s1. The summed E-state index contributed by atoms with van der Waals surface area (Å²) in [6, 6.07) is 9.41. The highest BCUT2D eigenvalue weighted by atomic mass is 32.1. The number of rotatable bonds is 3. The van der Waals surface area contributed by atoms with Gasteiger partial charge in [-0.05, 0) is 40.1 Å². The van der Waals surface area contributed by atoms with Crippen molar-refractivity contribution in [2.24, 2.45) is 0 Å². The van der Waals surface area contributed by atoms with Crippen molar-refractivity contribution in [2.75, 3.05) is 7.11 Å². The van der Waals surface area contributed by atoms with Crippen molar-refractivity contribution in [2.45, 2.75) is 6.10 Å². The molecular weight excluding hydrogens is 208 g/mol. The summed E-state index contributed by atoms with van der Waals surface area (Å²) >= 11 is 1.58. The van der Waals surface area contributed by atoms with Crippen molar-refractivity contribution in [1.29, 1.82) is 0 Å². The average Bonchev–Trinajstić information content (AvgIpc) is 2.81. The molecule has 0 saturated heterocycles. The van der Waals surface area contributed by atoms with Gasteiger partial charge in [0, 0.05) is 0 Å². The Hall–Kier alpha value is -1.32. The fourth-order valence-corrected chi connectivity index (χ4v) is 2.11. The Morgan fingerprint density at radius 2 is 2.13 bits per heavy atom. The van der Waals surface area contributed by atoms with E-state index in [0.29, 0.717) is 0 Å². The molecular formula is C12H12O2S. The van der Waals surface area contributed by atoms with Crippen LogP contribution in [0.2, 0.25) is 0 Å². The molecule has 15 heavy (non-hydrogen) atoms. The van der Waals surface area contributed by atoms with Gasteiger partial charge in [0.1, 0.15) is 11.9 Å². The van der Waals surface area contributed by atoms with Gasteiger partial charge in [-0.2, -0.15) is 11.3 Å². The molecule has 0 unspecified atom stereocenters. The van der Waals surface area contributed by atoms with E-state index < -0.39 is 6.10 Å². The molecule has 1 aromatic carbocycles. The van der Waals surface area contributed by atoms with Gasteiger partial charge in [0.2, 0.25) is 0 Å². The van der Waals surface area contributed by atoms with Gasteiger partial charge in [-0.15, -0.1) is 0 Å². The number of aliphatic hydroxyl groups excluding tert-OH is 1. The Morgan fingerprint density at radius 3 is 2.80 bits per heavy atom. The van der Waals surface area contributed by atoms with Crippen LogP contribution in [0.1, 0.15) is 17.2 Å². The molecule has 0 bridgehead atoms. The first-order chi connectivity index (χ1) is 7.31. The van der Waals surface area contributed by atoms with E-state index in [0.717, 1.165) is 16.9 Å². The Bertz CT molecular complexity index is 423. The first kappa shape index (κ1) is 10.2. The zero-order valence-electron chi connectivity index (χ0n) is 8.38. The lowest BCUT2D eigenvalue weighted by Gasteiger charge is -2.10. The van der Waals surface area contributed by atoms with Crippen LogP contribution in [0.3, 0.4) is 0 Å². The third-order valence-corrected chi connectivity index (χ3v) is 2.97. The molecule has 0 saturated carbocycles. The van der Waals surface area contributed by atoms with Crippen molar-refractivity contribution in [3.63, 3.8) is 0 Å². The van der Waals surface area contributed by atoms with Crippen molar-refractivity contribution in [1.82, 2.24) is 0 Å². The van der Waals surface area contributed by atoms with E-state index in [2.05, 4.69) is 0 Å². The van der Waals surface area contributed by atoms with Gasteiger partial charge in [0.05, 0.1) is 7.11 Å². The van der Waals surface area contributed by atoms with Crippen LogP contribution >= 0.6 is 11.3 Å². The second kappa shape index (κ2) is 4.47. The zero-order valence-corrected chi connectivity index (χ0v) is 9.20. The largest absolute Gasteiger partial charge is 0.497 e. The van der Waals surface area contributed by atoms with Gasteiger partial charge in [-0.25, -0.2) is 0 Å². The summed E-state index contributed by atoms with van der Waals surface area (Å²) < 4.78 is 5.11. The van der Waals surface area contributed by atoms with E-state index in [-0.39, 0.29) is 0 Å². The second-order valence-electron chi connectivity index (χ2n) is 3.24. The summed E-state index contributed by atoms with van der Waals surface area (Å²) in [6.07, 6.45) is -0.564. The average molecular weight is 220 g/mol. The number of thiophene rings is 1. The van der Waals surface area contributed by atoms with Crippen molar-refractivity contribution in [3.05, 3.63) is 52.2 Å². The molecule has 0 aliphatic rings. The highest BCUT2D eigenvalue weighted by Gasteiger charge is 2.10. The Balaban J connectivity index is 2.29. The zero-order chi connectivity index (χ0) is 10.7. The molecule has 2 nitrogen and oxygen atoms in total. The van der Waals surface area contributed by atoms with Crippen LogP contribution < -0.4 is 4.74 Å². The summed E-state index contributed by atoms with van der Waals surface area (Å²) in [5.41, 5.74) is 1.78. The minimum Gasteiger partial charge on any atom is -0.497 e. The first-order valence-corrected chi connectivity index (χ1v) is 5.59. The van der Waals surface area contributed by atoms with Crippen LogP contribution in [0, 0.1) is 0 Å². The number of aliphatic hydroxyl groups is 1. The molecule has 1 aromatic heterocycles. The third kappa shape index (κ3) is 2.19. The Labute approximate surface area is 92.8 Å². The highest BCUT2D eigenvalue weighted by Crippen LogP contribution is 2.26. The molecule has 0 aliphatic carbocycles. The maximum atomic E-state index is 10.1. The molecule has 2 aromatic rings. The molecule has 1 heterocycles. The van der Waals surface area contributed by atoms with Crippen LogP contribution in [0.25, 0.3) is 0 Å². The minimum atomic E-state index is -0.564.